The van der Waals surface area contributed by atoms with Crippen molar-refractivity contribution in [1.29, 1.82) is 0 Å². The summed E-state index contributed by atoms with van der Waals surface area (Å²) in [5.41, 5.74) is 1.33. The maximum Gasteiger partial charge on any atom is 0.454 e. The molecule has 0 aliphatic carbocycles. The summed E-state index contributed by atoms with van der Waals surface area (Å²) in [6, 6.07) is 5.03. The van der Waals surface area contributed by atoms with E-state index in [-0.39, 0.29) is 0 Å². The first-order chi connectivity index (χ1) is 5.59. The number of amides is 1. The molecule has 1 amide bonds. The third-order valence-corrected chi connectivity index (χ3v) is 1.67. The molecule has 0 aliphatic heterocycles. The Morgan fingerprint density at radius 2 is 2.17 bits per heavy atom. The first-order valence-corrected chi connectivity index (χ1v) is 3.71. The molecule has 3 nitrogen and oxygen atoms in total. The van der Waals surface area contributed by atoms with Gasteiger partial charge in [-0.05, 0) is 24.6 Å². The SMILES string of the molecule is Cc1ccc(NC([O])=O)c(Cl)c1. The van der Waals surface area contributed by atoms with Gasteiger partial charge in [-0.15, -0.1) is 0 Å². The van der Waals surface area contributed by atoms with E-state index in [1.165, 1.54) is 0 Å². The van der Waals surface area contributed by atoms with Gasteiger partial charge in [0, 0.05) is 0 Å². The third kappa shape index (κ3) is 2.13. The molecule has 0 saturated carbocycles. The number of halogens is 1. The zero-order valence-electron chi connectivity index (χ0n) is 6.43. The Labute approximate surface area is 75.0 Å². The van der Waals surface area contributed by atoms with Crippen LogP contribution in [0.4, 0.5) is 10.5 Å². The molecular weight excluding hydrogens is 178 g/mol. The van der Waals surface area contributed by atoms with Gasteiger partial charge >= 0.3 is 6.09 Å². The van der Waals surface area contributed by atoms with Gasteiger partial charge in [0.05, 0.1) is 10.7 Å². The van der Waals surface area contributed by atoms with E-state index >= 15 is 0 Å². The first-order valence-electron chi connectivity index (χ1n) is 3.34. The number of benzene rings is 1. The summed E-state index contributed by atoms with van der Waals surface area (Å²) in [5.74, 6) is 0. The van der Waals surface area contributed by atoms with Crippen LogP contribution in [0.1, 0.15) is 5.56 Å². The van der Waals surface area contributed by atoms with Gasteiger partial charge in [-0.25, -0.2) is 9.90 Å². The summed E-state index contributed by atoms with van der Waals surface area (Å²) in [6.45, 7) is 1.87. The molecule has 4 heteroatoms. The molecule has 63 valence electrons. The van der Waals surface area contributed by atoms with Gasteiger partial charge in [-0.2, -0.15) is 0 Å². The maximum atomic E-state index is 10.1. The van der Waals surface area contributed by atoms with Crippen LogP contribution in [0.15, 0.2) is 18.2 Å². The normalized spacial score (nSPS) is 9.50. The van der Waals surface area contributed by atoms with Crippen molar-refractivity contribution < 1.29 is 9.90 Å². The van der Waals surface area contributed by atoms with E-state index in [9.17, 15) is 9.90 Å². The highest BCUT2D eigenvalue weighted by atomic mass is 35.5. The van der Waals surface area contributed by atoms with Crippen molar-refractivity contribution in [3.63, 3.8) is 0 Å². The van der Waals surface area contributed by atoms with Crippen LogP contribution in [0.3, 0.4) is 0 Å². The molecule has 0 bridgehead atoms. The summed E-state index contributed by atoms with van der Waals surface area (Å²) < 4.78 is 0. The number of rotatable bonds is 1. The van der Waals surface area contributed by atoms with Crippen LogP contribution >= 0.6 is 11.6 Å². The van der Waals surface area contributed by atoms with Crippen LogP contribution in [0, 0.1) is 6.92 Å². The van der Waals surface area contributed by atoms with Gasteiger partial charge in [0.2, 0.25) is 0 Å². The second kappa shape index (κ2) is 3.45. The summed E-state index contributed by atoms with van der Waals surface area (Å²) in [6.07, 6.45) is -1.36. The molecule has 12 heavy (non-hydrogen) atoms. The predicted molar refractivity (Wildman–Crippen MR) is 45.9 cm³/mol. The molecular formula is C8H7ClNO2. The Morgan fingerprint density at radius 1 is 1.50 bits per heavy atom. The van der Waals surface area contributed by atoms with Gasteiger partial charge in [0.25, 0.3) is 0 Å². The molecule has 1 N–H and O–H groups in total. The molecule has 0 spiro atoms. The largest absolute Gasteiger partial charge is 0.454 e. The van der Waals surface area contributed by atoms with Gasteiger partial charge in [0.15, 0.2) is 0 Å². The monoisotopic (exact) mass is 184 g/mol. The minimum atomic E-state index is -1.36. The fraction of sp³-hybridized carbons (Fsp3) is 0.125. The minimum Gasteiger partial charge on any atom is -0.287 e. The zero-order chi connectivity index (χ0) is 9.14. The highest BCUT2D eigenvalue weighted by Gasteiger charge is 2.03. The Bertz CT molecular complexity index is 312. The molecule has 1 radical (unpaired) electrons. The molecule has 1 aromatic rings. The molecule has 0 unspecified atom stereocenters. The van der Waals surface area contributed by atoms with E-state index < -0.39 is 6.09 Å². The van der Waals surface area contributed by atoms with Crippen molar-refractivity contribution in [3.8, 4) is 0 Å². The number of aryl methyl sites for hydroxylation is 1. The molecule has 0 heterocycles. The second-order valence-electron chi connectivity index (χ2n) is 2.40. The highest BCUT2D eigenvalue weighted by molar-refractivity contribution is 6.33. The van der Waals surface area contributed by atoms with E-state index in [1.807, 2.05) is 6.92 Å². The minimum absolute atomic E-state index is 0.349. The van der Waals surface area contributed by atoms with Crippen LogP contribution in [0.2, 0.25) is 5.02 Å². The van der Waals surface area contributed by atoms with Crippen molar-refractivity contribution in [2.75, 3.05) is 5.32 Å². The van der Waals surface area contributed by atoms with E-state index in [0.717, 1.165) is 5.56 Å². The number of nitrogens with one attached hydrogen (secondary N) is 1. The molecule has 0 saturated heterocycles. The average Bonchev–Trinajstić information content (AvgIpc) is 1.94. The number of carbonyl (C=O) groups is 1. The second-order valence-corrected chi connectivity index (χ2v) is 2.80. The van der Waals surface area contributed by atoms with E-state index in [1.54, 1.807) is 18.2 Å². The summed E-state index contributed by atoms with van der Waals surface area (Å²) in [7, 11) is 0. The summed E-state index contributed by atoms with van der Waals surface area (Å²) in [4.78, 5) is 10.1. The van der Waals surface area contributed by atoms with Gasteiger partial charge in [-0.1, -0.05) is 17.7 Å². The highest BCUT2D eigenvalue weighted by Crippen LogP contribution is 2.22. The lowest BCUT2D eigenvalue weighted by atomic mass is 10.2. The van der Waals surface area contributed by atoms with Crippen molar-refractivity contribution in [1.82, 2.24) is 0 Å². The van der Waals surface area contributed by atoms with Crippen LogP contribution in [-0.4, -0.2) is 6.09 Å². The number of hydrogen-bond donors (Lipinski definition) is 1. The van der Waals surface area contributed by atoms with Crippen molar-refractivity contribution >= 4 is 23.4 Å². The molecule has 0 fully saturated rings. The lowest BCUT2D eigenvalue weighted by molar-refractivity contribution is 0.185. The molecule has 0 aliphatic rings. The topological polar surface area (TPSA) is 49.0 Å². The lowest BCUT2D eigenvalue weighted by Gasteiger charge is -2.02. The predicted octanol–water partition coefficient (Wildman–Crippen LogP) is 2.61. The number of anilines is 1. The molecule has 1 aromatic carbocycles. The molecule has 0 atom stereocenters. The molecule has 0 aromatic heterocycles. The summed E-state index contributed by atoms with van der Waals surface area (Å²) in [5, 5.41) is 12.6. The Balaban J connectivity index is 2.93. The van der Waals surface area contributed by atoms with Gasteiger partial charge in [0.1, 0.15) is 0 Å². The van der Waals surface area contributed by atoms with E-state index in [4.69, 9.17) is 11.6 Å². The van der Waals surface area contributed by atoms with E-state index in [2.05, 4.69) is 5.32 Å². The third-order valence-electron chi connectivity index (χ3n) is 1.36. The number of carbonyl (C=O) groups excluding carboxylic acids is 1. The fourth-order valence-electron chi connectivity index (χ4n) is 0.831. The Morgan fingerprint density at radius 3 is 2.67 bits per heavy atom. The standard InChI is InChI=1S/C8H7ClNO2/c1-5-2-3-7(6(9)4-5)10-8(11)12/h2-4,10H,1H3. The zero-order valence-corrected chi connectivity index (χ0v) is 7.18. The first kappa shape index (κ1) is 8.87. The van der Waals surface area contributed by atoms with Crippen molar-refractivity contribution in [3.05, 3.63) is 28.8 Å². The lowest BCUT2D eigenvalue weighted by Crippen LogP contribution is -2.05. The van der Waals surface area contributed by atoms with Gasteiger partial charge < -0.3 is 0 Å². The number of hydrogen-bond acceptors (Lipinski definition) is 1. The van der Waals surface area contributed by atoms with Crippen molar-refractivity contribution in [2.45, 2.75) is 6.92 Å². The van der Waals surface area contributed by atoms with Crippen LogP contribution in [0.5, 0.6) is 0 Å². The quantitative estimate of drug-likeness (QED) is 0.717. The Kier molecular flexibility index (Phi) is 2.55. The molecule has 1 rings (SSSR count). The fourth-order valence-corrected chi connectivity index (χ4v) is 1.11. The van der Waals surface area contributed by atoms with Crippen LogP contribution < -0.4 is 5.32 Å². The van der Waals surface area contributed by atoms with Crippen LogP contribution in [-0.2, 0) is 5.11 Å². The Hall–Kier alpha value is -1.22. The van der Waals surface area contributed by atoms with E-state index in [0.29, 0.717) is 10.7 Å². The van der Waals surface area contributed by atoms with Crippen molar-refractivity contribution in [2.24, 2.45) is 0 Å². The maximum absolute atomic E-state index is 10.1. The van der Waals surface area contributed by atoms with Crippen LogP contribution in [0.25, 0.3) is 0 Å². The van der Waals surface area contributed by atoms with Gasteiger partial charge in [-0.3, -0.25) is 5.32 Å². The summed E-state index contributed by atoms with van der Waals surface area (Å²) >= 11 is 5.72. The average molecular weight is 185 g/mol. The smallest absolute Gasteiger partial charge is 0.287 e.